The van der Waals surface area contributed by atoms with Gasteiger partial charge in [0.05, 0.1) is 6.42 Å². The number of nitrogens with one attached hydrogen (secondary N) is 1. The molecule has 1 atom stereocenters. The van der Waals surface area contributed by atoms with E-state index in [1.54, 1.807) is 0 Å². The Balaban J connectivity index is 3.81. The number of carbonyl (C=O) groups is 3. The standard InChI is InChI=1S/C8H13NO5S/c1-5(10)9-6(8(13)14)4-15-3-2-7(11)12/h6H,2-4H2,1H3,(H,9,10)(H,11,12)(H,13,14)/t6-/m0/s1. The number of carbonyl (C=O) groups excluding carboxylic acids is 1. The molecule has 7 heteroatoms. The van der Waals surface area contributed by atoms with Gasteiger partial charge >= 0.3 is 11.9 Å². The molecule has 0 fully saturated rings. The number of carboxylic acid groups (broad SMARTS) is 2. The molecule has 0 saturated carbocycles. The van der Waals surface area contributed by atoms with E-state index < -0.39 is 23.9 Å². The zero-order valence-electron chi connectivity index (χ0n) is 8.23. The number of thioether (sulfide) groups is 1. The van der Waals surface area contributed by atoms with Crippen molar-refractivity contribution in [3.63, 3.8) is 0 Å². The van der Waals surface area contributed by atoms with E-state index in [2.05, 4.69) is 5.32 Å². The number of amides is 1. The van der Waals surface area contributed by atoms with Crippen LogP contribution in [0.15, 0.2) is 0 Å². The number of hydrogen-bond donors (Lipinski definition) is 3. The van der Waals surface area contributed by atoms with Crippen LogP contribution < -0.4 is 5.32 Å². The first kappa shape index (κ1) is 13.8. The molecule has 0 heterocycles. The Morgan fingerprint density at radius 2 is 1.93 bits per heavy atom. The molecule has 6 nitrogen and oxygen atoms in total. The van der Waals surface area contributed by atoms with Crippen LogP contribution in [-0.4, -0.2) is 45.6 Å². The summed E-state index contributed by atoms with van der Waals surface area (Å²) >= 11 is 1.18. The van der Waals surface area contributed by atoms with Gasteiger partial charge in [0.15, 0.2) is 0 Å². The summed E-state index contributed by atoms with van der Waals surface area (Å²) in [5, 5.41) is 19.3. The highest BCUT2D eigenvalue weighted by atomic mass is 32.2. The van der Waals surface area contributed by atoms with Crippen molar-refractivity contribution in [1.29, 1.82) is 0 Å². The van der Waals surface area contributed by atoms with Crippen molar-refractivity contribution in [3.05, 3.63) is 0 Å². The molecule has 0 bridgehead atoms. The molecule has 0 saturated heterocycles. The lowest BCUT2D eigenvalue weighted by atomic mass is 10.3. The zero-order valence-corrected chi connectivity index (χ0v) is 9.04. The van der Waals surface area contributed by atoms with Crippen molar-refractivity contribution in [2.45, 2.75) is 19.4 Å². The fourth-order valence-corrected chi connectivity index (χ4v) is 1.73. The van der Waals surface area contributed by atoms with Gasteiger partial charge in [-0.25, -0.2) is 4.79 Å². The quantitative estimate of drug-likeness (QED) is 0.527. The van der Waals surface area contributed by atoms with E-state index in [4.69, 9.17) is 10.2 Å². The topological polar surface area (TPSA) is 104 Å². The molecule has 15 heavy (non-hydrogen) atoms. The molecular weight excluding hydrogens is 222 g/mol. The Hall–Kier alpha value is -1.24. The average molecular weight is 235 g/mol. The van der Waals surface area contributed by atoms with Crippen LogP contribution in [0.3, 0.4) is 0 Å². The van der Waals surface area contributed by atoms with Gasteiger partial charge in [0.25, 0.3) is 0 Å². The normalized spacial score (nSPS) is 11.8. The molecular formula is C8H13NO5S. The fourth-order valence-electron chi connectivity index (χ4n) is 0.781. The summed E-state index contributed by atoms with van der Waals surface area (Å²) in [5.74, 6) is -1.95. The number of carboxylic acids is 2. The van der Waals surface area contributed by atoms with E-state index >= 15 is 0 Å². The molecule has 0 aliphatic carbocycles. The molecule has 0 rings (SSSR count). The van der Waals surface area contributed by atoms with Crippen LogP contribution >= 0.6 is 11.8 Å². The Morgan fingerprint density at radius 3 is 2.33 bits per heavy atom. The predicted octanol–water partition coefficient (Wildman–Crippen LogP) is -0.216. The third-order valence-corrected chi connectivity index (χ3v) is 2.48. The summed E-state index contributed by atoms with van der Waals surface area (Å²) in [6, 6.07) is -0.957. The van der Waals surface area contributed by atoms with Crippen molar-refractivity contribution in [2.75, 3.05) is 11.5 Å². The Kier molecular flexibility index (Phi) is 6.52. The number of rotatable bonds is 7. The van der Waals surface area contributed by atoms with E-state index in [0.29, 0.717) is 5.75 Å². The van der Waals surface area contributed by atoms with Crippen molar-refractivity contribution in [1.82, 2.24) is 5.32 Å². The maximum atomic E-state index is 10.6. The van der Waals surface area contributed by atoms with E-state index in [-0.39, 0.29) is 12.2 Å². The summed E-state index contributed by atoms with van der Waals surface area (Å²) in [7, 11) is 0. The van der Waals surface area contributed by atoms with E-state index in [1.807, 2.05) is 0 Å². The maximum absolute atomic E-state index is 10.6. The monoisotopic (exact) mass is 235 g/mol. The summed E-state index contributed by atoms with van der Waals surface area (Å²) in [4.78, 5) is 31.4. The number of hydrogen-bond acceptors (Lipinski definition) is 4. The lowest BCUT2D eigenvalue weighted by molar-refractivity contribution is -0.140. The molecule has 3 N–H and O–H groups in total. The van der Waals surface area contributed by atoms with E-state index in [9.17, 15) is 14.4 Å². The van der Waals surface area contributed by atoms with Gasteiger partial charge in [-0.1, -0.05) is 0 Å². The van der Waals surface area contributed by atoms with Gasteiger partial charge in [-0.15, -0.1) is 0 Å². The van der Waals surface area contributed by atoms with Crippen LogP contribution in [0.25, 0.3) is 0 Å². The van der Waals surface area contributed by atoms with Gasteiger partial charge in [0.2, 0.25) is 5.91 Å². The third kappa shape index (κ3) is 7.80. The fraction of sp³-hybridized carbons (Fsp3) is 0.625. The van der Waals surface area contributed by atoms with Crippen molar-refractivity contribution in [2.24, 2.45) is 0 Å². The molecule has 0 unspecified atom stereocenters. The SMILES string of the molecule is CC(=O)N[C@@H](CSCCC(=O)O)C(=O)O. The minimum absolute atomic E-state index is 0.0168. The smallest absolute Gasteiger partial charge is 0.327 e. The summed E-state index contributed by atoms with van der Waals surface area (Å²) in [5.41, 5.74) is 0. The Labute approximate surface area is 91.0 Å². The van der Waals surface area contributed by atoms with Crippen LogP contribution in [0.5, 0.6) is 0 Å². The first-order valence-corrected chi connectivity index (χ1v) is 5.38. The first-order chi connectivity index (χ1) is 6.93. The molecule has 0 aromatic rings. The highest BCUT2D eigenvalue weighted by molar-refractivity contribution is 7.99. The van der Waals surface area contributed by atoms with Crippen LogP contribution in [0.1, 0.15) is 13.3 Å². The third-order valence-electron chi connectivity index (χ3n) is 1.42. The van der Waals surface area contributed by atoms with Gasteiger partial charge in [0.1, 0.15) is 6.04 Å². The summed E-state index contributed by atoms with van der Waals surface area (Å²) < 4.78 is 0. The average Bonchev–Trinajstić information content (AvgIpc) is 2.08. The highest BCUT2D eigenvalue weighted by Gasteiger charge is 2.17. The molecule has 0 aromatic carbocycles. The van der Waals surface area contributed by atoms with Crippen molar-refractivity contribution >= 4 is 29.6 Å². The van der Waals surface area contributed by atoms with E-state index in [1.165, 1.54) is 18.7 Å². The second-order valence-electron chi connectivity index (χ2n) is 2.81. The maximum Gasteiger partial charge on any atom is 0.327 e. The van der Waals surface area contributed by atoms with Crippen LogP contribution in [0.2, 0.25) is 0 Å². The largest absolute Gasteiger partial charge is 0.481 e. The van der Waals surface area contributed by atoms with Gasteiger partial charge in [0, 0.05) is 18.4 Å². The second kappa shape index (κ2) is 7.10. The van der Waals surface area contributed by atoms with Crippen LogP contribution in [-0.2, 0) is 14.4 Å². The summed E-state index contributed by atoms with van der Waals surface area (Å²) in [6.45, 7) is 1.23. The van der Waals surface area contributed by atoms with Gasteiger partial charge in [-0.2, -0.15) is 11.8 Å². The Morgan fingerprint density at radius 1 is 1.33 bits per heavy atom. The Bertz CT molecular complexity index is 255. The number of aliphatic carboxylic acids is 2. The lowest BCUT2D eigenvalue weighted by Gasteiger charge is -2.11. The second-order valence-corrected chi connectivity index (χ2v) is 3.96. The predicted molar refractivity (Wildman–Crippen MR) is 54.8 cm³/mol. The van der Waals surface area contributed by atoms with E-state index in [0.717, 1.165) is 0 Å². The summed E-state index contributed by atoms with van der Waals surface area (Å²) in [6.07, 6.45) is -0.0168. The van der Waals surface area contributed by atoms with Gasteiger partial charge in [-0.05, 0) is 0 Å². The molecule has 0 radical (unpaired) electrons. The zero-order chi connectivity index (χ0) is 11.8. The molecule has 0 aliphatic rings. The molecule has 0 aromatic heterocycles. The molecule has 0 aliphatic heterocycles. The molecule has 1 amide bonds. The minimum Gasteiger partial charge on any atom is -0.481 e. The molecule has 0 spiro atoms. The minimum atomic E-state index is -1.12. The van der Waals surface area contributed by atoms with Gasteiger partial charge < -0.3 is 15.5 Å². The van der Waals surface area contributed by atoms with Crippen LogP contribution in [0.4, 0.5) is 0 Å². The molecule has 86 valence electrons. The van der Waals surface area contributed by atoms with Crippen LogP contribution in [0, 0.1) is 0 Å². The first-order valence-electron chi connectivity index (χ1n) is 4.23. The lowest BCUT2D eigenvalue weighted by Crippen LogP contribution is -2.41. The van der Waals surface area contributed by atoms with Crippen molar-refractivity contribution < 1.29 is 24.6 Å². The van der Waals surface area contributed by atoms with Crippen molar-refractivity contribution in [3.8, 4) is 0 Å². The van der Waals surface area contributed by atoms with Gasteiger partial charge in [-0.3, -0.25) is 9.59 Å². The highest BCUT2D eigenvalue weighted by Crippen LogP contribution is 2.05.